The third-order valence-corrected chi connectivity index (χ3v) is 7.92. The highest BCUT2D eigenvalue weighted by atomic mass is 32.2. The Morgan fingerprint density at radius 1 is 1.20 bits per heavy atom. The lowest BCUT2D eigenvalue weighted by molar-refractivity contribution is -0.123. The first-order valence-electron chi connectivity index (χ1n) is 11.6. The number of rotatable bonds is 10. The van der Waals surface area contributed by atoms with Crippen LogP contribution in [-0.2, 0) is 21.4 Å². The summed E-state index contributed by atoms with van der Waals surface area (Å²) in [5.74, 6) is -1.12. The van der Waals surface area contributed by atoms with Crippen LogP contribution in [0, 0.1) is 5.82 Å². The number of amides is 1. The van der Waals surface area contributed by atoms with Gasteiger partial charge < -0.3 is 20.1 Å². The average Bonchev–Trinajstić information content (AvgIpc) is 2.80. The van der Waals surface area contributed by atoms with E-state index < -0.39 is 46.0 Å². The molecule has 0 saturated carbocycles. The first kappa shape index (κ1) is 27.1. The predicted molar refractivity (Wildman–Crippen MR) is 132 cm³/mol. The van der Waals surface area contributed by atoms with Crippen molar-refractivity contribution in [3.63, 3.8) is 0 Å². The van der Waals surface area contributed by atoms with Crippen LogP contribution >= 0.6 is 0 Å². The SMILES string of the molecule is CCS(=O)(=O)N(CC(=O)NCCN(C)Cc1ccccc1)C1c2cc(F)ccc2OC(C)(C)C1O. The first-order chi connectivity index (χ1) is 16.4. The van der Waals surface area contributed by atoms with Crippen molar-refractivity contribution < 1.29 is 27.4 Å². The van der Waals surface area contributed by atoms with E-state index in [9.17, 15) is 22.7 Å². The Morgan fingerprint density at radius 2 is 1.89 bits per heavy atom. The molecule has 0 radical (unpaired) electrons. The zero-order chi connectivity index (χ0) is 25.8. The summed E-state index contributed by atoms with van der Waals surface area (Å²) in [4.78, 5) is 14.9. The molecule has 1 aliphatic heterocycles. The maximum absolute atomic E-state index is 14.1. The Morgan fingerprint density at radius 3 is 2.54 bits per heavy atom. The molecule has 10 heteroatoms. The van der Waals surface area contributed by atoms with E-state index in [1.807, 2.05) is 42.3 Å². The number of likely N-dealkylation sites (N-methyl/N-ethyl adjacent to an activating group) is 1. The topological polar surface area (TPSA) is 99.2 Å². The number of nitrogens with zero attached hydrogens (tertiary/aromatic N) is 2. The molecule has 0 aliphatic carbocycles. The average molecular weight is 508 g/mol. The zero-order valence-corrected chi connectivity index (χ0v) is 21.4. The highest BCUT2D eigenvalue weighted by Gasteiger charge is 2.48. The first-order valence-corrected chi connectivity index (χ1v) is 13.2. The summed E-state index contributed by atoms with van der Waals surface area (Å²) < 4.78 is 47.0. The maximum atomic E-state index is 14.1. The van der Waals surface area contributed by atoms with Crippen molar-refractivity contribution in [3.05, 3.63) is 65.5 Å². The summed E-state index contributed by atoms with van der Waals surface area (Å²) in [5.41, 5.74) is 0.168. The number of aliphatic hydroxyl groups excluding tert-OH is 1. The number of nitrogens with one attached hydrogen (secondary N) is 1. The molecule has 0 bridgehead atoms. The van der Waals surface area contributed by atoms with Crippen LogP contribution in [0.5, 0.6) is 5.75 Å². The fourth-order valence-electron chi connectivity index (χ4n) is 4.14. The van der Waals surface area contributed by atoms with Crippen LogP contribution in [0.25, 0.3) is 0 Å². The van der Waals surface area contributed by atoms with Crippen LogP contribution < -0.4 is 10.1 Å². The number of hydrogen-bond acceptors (Lipinski definition) is 6. The molecule has 0 aromatic heterocycles. The normalized spacial score (nSPS) is 19.3. The van der Waals surface area contributed by atoms with E-state index in [4.69, 9.17) is 4.74 Å². The molecule has 35 heavy (non-hydrogen) atoms. The maximum Gasteiger partial charge on any atom is 0.235 e. The van der Waals surface area contributed by atoms with Crippen molar-refractivity contribution >= 4 is 15.9 Å². The molecular formula is C25H34FN3O5S. The van der Waals surface area contributed by atoms with Gasteiger partial charge in [0.15, 0.2) is 0 Å². The van der Waals surface area contributed by atoms with Crippen LogP contribution in [0.1, 0.15) is 37.9 Å². The third-order valence-electron chi connectivity index (χ3n) is 6.12. The lowest BCUT2D eigenvalue weighted by atomic mass is 9.86. The predicted octanol–water partition coefficient (Wildman–Crippen LogP) is 2.30. The molecule has 1 heterocycles. The van der Waals surface area contributed by atoms with Gasteiger partial charge in [-0.3, -0.25) is 4.79 Å². The summed E-state index contributed by atoms with van der Waals surface area (Å²) in [6, 6.07) is 12.5. The molecular weight excluding hydrogens is 473 g/mol. The van der Waals surface area contributed by atoms with E-state index in [-0.39, 0.29) is 17.1 Å². The van der Waals surface area contributed by atoms with Crippen molar-refractivity contribution in [1.82, 2.24) is 14.5 Å². The van der Waals surface area contributed by atoms with Crippen molar-refractivity contribution in [2.75, 3.05) is 32.4 Å². The molecule has 0 saturated heterocycles. The molecule has 1 amide bonds. The Bertz CT molecular complexity index is 1130. The van der Waals surface area contributed by atoms with Crippen LogP contribution in [-0.4, -0.2) is 72.8 Å². The summed E-state index contributed by atoms with van der Waals surface area (Å²) in [5, 5.41) is 13.8. The van der Waals surface area contributed by atoms with Crippen LogP contribution in [0.3, 0.4) is 0 Å². The highest BCUT2D eigenvalue weighted by Crippen LogP contribution is 2.44. The van der Waals surface area contributed by atoms with Gasteiger partial charge >= 0.3 is 0 Å². The van der Waals surface area contributed by atoms with Gasteiger partial charge in [0.05, 0.1) is 18.3 Å². The standard InChI is InChI=1S/C25H34FN3O5S/c1-5-35(32,33)29(17-22(30)27-13-14-28(4)16-18-9-7-6-8-10-18)23-20-15-19(26)11-12-21(20)34-25(2,3)24(23)31/h6-12,15,23-24,31H,5,13-14,16-17H2,1-4H3,(H,27,30). The van der Waals surface area contributed by atoms with Gasteiger partial charge in [0.25, 0.3) is 0 Å². The second-order valence-corrected chi connectivity index (χ2v) is 11.5. The Kier molecular flexibility index (Phi) is 8.53. The van der Waals surface area contributed by atoms with E-state index in [2.05, 4.69) is 5.32 Å². The molecule has 8 nitrogen and oxygen atoms in total. The second-order valence-electron chi connectivity index (χ2n) is 9.30. The molecule has 0 spiro atoms. The molecule has 2 atom stereocenters. The number of benzene rings is 2. The Hall–Kier alpha value is -2.53. The Labute approximate surface area is 206 Å². The van der Waals surface area contributed by atoms with Crippen molar-refractivity contribution in [3.8, 4) is 5.75 Å². The summed E-state index contributed by atoms with van der Waals surface area (Å²) in [6.45, 7) is 5.78. The van der Waals surface area contributed by atoms with Gasteiger partial charge in [0.1, 0.15) is 23.3 Å². The zero-order valence-electron chi connectivity index (χ0n) is 20.6. The minimum absolute atomic E-state index is 0.184. The molecule has 192 valence electrons. The molecule has 2 N–H and O–H groups in total. The molecule has 2 aromatic rings. The largest absolute Gasteiger partial charge is 0.485 e. The molecule has 2 aromatic carbocycles. The second kappa shape index (κ2) is 11.0. The number of sulfonamides is 1. The smallest absolute Gasteiger partial charge is 0.235 e. The van der Waals surface area contributed by atoms with Gasteiger partial charge in [-0.25, -0.2) is 12.8 Å². The number of aliphatic hydroxyl groups is 1. The van der Waals surface area contributed by atoms with Crippen molar-refractivity contribution in [2.24, 2.45) is 0 Å². The molecule has 3 rings (SSSR count). The Balaban J connectivity index is 1.75. The van der Waals surface area contributed by atoms with Crippen LogP contribution in [0.2, 0.25) is 0 Å². The fraction of sp³-hybridized carbons (Fsp3) is 0.480. The monoisotopic (exact) mass is 507 g/mol. The highest BCUT2D eigenvalue weighted by molar-refractivity contribution is 7.89. The van der Waals surface area contributed by atoms with Gasteiger partial charge in [-0.1, -0.05) is 30.3 Å². The fourth-order valence-corrected chi connectivity index (χ4v) is 5.36. The van der Waals surface area contributed by atoms with Gasteiger partial charge in [0.2, 0.25) is 15.9 Å². The van der Waals surface area contributed by atoms with Crippen molar-refractivity contribution in [1.29, 1.82) is 0 Å². The van der Waals surface area contributed by atoms with E-state index in [1.165, 1.54) is 19.1 Å². The number of halogens is 1. The number of ether oxygens (including phenoxy) is 1. The van der Waals surface area contributed by atoms with Gasteiger partial charge in [-0.2, -0.15) is 4.31 Å². The lowest BCUT2D eigenvalue weighted by Crippen LogP contribution is -2.56. The quantitative estimate of drug-likeness (QED) is 0.512. The summed E-state index contributed by atoms with van der Waals surface area (Å²) in [6.07, 6.45) is -1.33. The van der Waals surface area contributed by atoms with E-state index >= 15 is 0 Å². The van der Waals surface area contributed by atoms with Crippen LogP contribution in [0.4, 0.5) is 4.39 Å². The summed E-state index contributed by atoms with van der Waals surface area (Å²) in [7, 11) is -2.02. The number of hydrogen-bond donors (Lipinski definition) is 2. The molecule has 0 fully saturated rings. The molecule has 2 unspecified atom stereocenters. The van der Waals surface area contributed by atoms with Crippen LogP contribution in [0.15, 0.2) is 48.5 Å². The number of carbonyl (C=O) groups excluding carboxylic acids is 1. The van der Waals surface area contributed by atoms with Gasteiger partial charge in [-0.15, -0.1) is 0 Å². The number of fused-ring (bicyclic) bond motifs is 1. The van der Waals surface area contributed by atoms with Gasteiger partial charge in [0, 0.05) is 25.2 Å². The van der Waals surface area contributed by atoms with Crippen molar-refractivity contribution in [2.45, 2.75) is 45.1 Å². The minimum Gasteiger partial charge on any atom is -0.485 e. The van der Waals surface area contributed by atoms with Gasteiger partial charge in [-0.05, 0) is 51.6 Å². The number of carbonyl (C=O) groups is 1. The summed E-state index contributed by atoms with van der Waals surface area (Å²) >= 11 is 0. The molecule has 1 aliphatic rings. The van der Waals surface area contributed by atoms with E-state index in [0.717, 1.165) is 15.9 Å². The third kappa shape index (κ3) is 6.58. The van der Waals surface area contributed by atoms with E-state index in [1.54, 1.807) is 13.8 Å². The minimum atomic E-state index is -3.95. The van der Waals surface area contributed by atoms with E-state index in [0.29, 0.717) is 19.6 Å². The lowest BCUT2D eigenvalue weighted by Gasteiger charge is -2.45.